The molecule has 0 aliphatic heterocycles. The summed E-state index contributed by atoms with van der Waals surface area (Å²) in [6.45, 7) is 0. The lowest BCUT2D eigenvalue weighted by Gasteiger charge is -2.08. The van der Waals surface area contributed by atoms with E-state index in [1.807, 2.05) is 0 Å². The Morgan fingerprint density at radius 3 is 2.74 bits per heavy atom. The summed E-state index contributed by atoms with van der Waals surface area (Å²) >= 11 is 0. The fourth-order valence-electron chi connectivity index (χ4n) is 1.65. The number of hydrogen-bond donors (Lipinski definition) is 2. The molecule has 3 rings (SSSR count). The maximum absolute atomic E-state index is 13.5. The Labute approximate surface area is 108 Å². The highest BCUT2D eigenvalue weighted by atomic mass is 19.1. The zero-order valence-electron chi connectivity index (χ0n) is 10.0. The standard InChI is InChI=1S/C13H12F2N4/c14-8-1-4-11(10(15)7-8)18-13-16-6-5-12(19-13)17-9-2-3-9/h1,4-7,9H,2-3H2,(H2,16,17,18,19). The van der Waals surface area contributed by atoms with Crippen molar-refractivity contribution in [1.29, 1.82) is 0 Å². The van der Waals surface area contributed by atoms with Crippen LogP contribution in [0.15, 0.2) is 30.5 Å². The van der Waals surface area contributed by atoms with Crippen LogP contribution in [0.5, 0.6) is 0 Å². The van der Waals surface area contributed by atoms with Gasteiger partial charge in [0.05, 0.1) is 5.69 Å². The number of halogens is 2. The van der Waals surface area contributed by atoms with Crippen molar-refractivity contribution in [2.75, 3.05) is 10.6 Å². The Morgan fingerprint density at radius 2 is 2.00 bits per heavy atom. The van der Waals surface area contributed by atoms with Crippen LogP contribution in [0.3, 0.4) is 0 Å². The van der Waals surface area contributed by atoms with E-state index < -0.39 is 11.6 Å². The van der Waals surface area contributed by atoms with Crippen molar-refractivity contribution < 1.29 is 8.78 Å². The van der Waals surface area contributed by atoms with Gasteiger partial charge in [-0.15, -0.1) is 0 Å². The highest BCUT2D eigenvalue weighted by Gasteiger charge is 2.21. The zero-order valence-corrected chi connectivity index (χ0v) is 10.0. The summed E-state index contributed by atoms with van der Waals surface area (Å²) in [5, 5.41) is 5.95. The first-order valence-corrected chi connectivity index (χ1v) is 6.02. The van der Waals surface area contributed by atoms with Crippen LogP contribution in [0, 0.1) is 11.6 Å². The Morgan fingerprint density at radius 1 is 1.16 bits per heavy atom. The average Bonchev–Trinajstić information content (AvgIpc) is 3.17. The quantitative estimate of drug-likeness (QED) is 0.889. The Kier molecular flexibility index (Phi) is 2.98. The van der Waals surface area contributed by atoms with Gasteiger partial charge in [-0.2, -0.15) is 4.98 Å². The highest BCUT2D eigenvalue weighted by Crippen LogP contribution is 2.24. The predicted molar refractivity (Wildman–Crippen MR) is 68.3 cm³/mol. The molecule has 0 spiro atoms. The number of anilines is 3. The second kappa shape index (κ2) is 4.79. The van der Waals surface area contributed by atoms with E-state index in [1.54, 1.807) is 12.3 Å². The topological polar surface area (TPSA) is 49.8 Å². The van der Waals surface area contributed by atoms with Gasteiger partial charge in [0.1, 0.15) is 17.5 Å². The van der Waals surface area contributed by atoms with Crippen molar-refractivity contribution >= 4 is 17.5 Å². The van der Waals surface area contributed by atoms with E-state index in [9.17, 15) is 8.78 Å². The second-order valence-electron chi connectivity index (χ2n) is 4.43. The molecular formula is C13H12F2N4. The summed E-state index contributed by atoms with van der Waals surface area (Å²) in [5.41, 5.74) is 0.143. The first-order chi connectivity index (χ1) is 9.20. The molecule has 0 unspecified atom stereocenters. The van der Waals surface area contributed by atoms with Gasteiger partial charge in [-0.1, -0.05) is 0 Å². The number of rotatable bonds is 4. The van der Waals surface area contributed by atoms with Gasteiger partial charge in [0, 0.05) is 18.3 Å². The van der Waals surface area contributed by atoms with Crippen LogP contribution in [0.4, 0.5) is 26.2 Å². The van der Waals surface area contributed by atoms with Crippen LogP contribution in [-0.2, 0) is 0 Å². The Hall–Kier alpha value is -2.24. The van der Waals surface area contributed by atoms with Crippen molar-refractivity contribution in [3.8, 4) is 0 Å². The fraction of sp³-hybridized carbons (Fsp3) is 0.231. The molecule has 98 valence electrons. The van der Waals surface area contributed by atoms with Crippen LogP contribution in [0.1, 0.15) is 12.8 Å². The first-order valence-electron chi connectivity index (χ1n) is 6.02. The number of aromatic nitrogens is 2. The minimum Gasteiger partial charge on any atom is -0.367 e. The molecule has 4 nitrogen and oxygen atoms in total. The number of hydrogen-bond acceptors (Lipinski definition) is 4. The first kappa shape index (κ1) is 11.8. The molecule has 1 fully saturated rings. The molecule has 0 atom stereocenters. The highest BCUT2D eigenvalue weighted by molar-refractivity contribution is 5.55. The number of nitrogens with zero attached hydrogens (tertiary/aromatic N) is 2. The van der Waals surface area contributed by atoms with Gasteiger partial charge >= 0.3 is 0 Å². The largest absolute Gasteiger partial charge is 0.367 e. The summed E-state index contributed by atoms with van der Waals surface area (Å²) < 4.78 is 26.3. The third-order valence-electron chi connectivity index (χ3n) is 2.76. The van der Waals surface area contributed by atoms with E-state index in [1.165, 1.54) is 12.1 Å². The van der Waals surface area contributed by atoms with Crippen molar-refractivity contribution in [3.63, 3.8) is 0 Å². The van der Waals surface area contributed by atoms with Gasteiger partial charge in [-0.25, -0.2) is 13.8 Å². The molecule has 0 radical (unpaired) electrons. The monoisotopic (exact) mass is 262 g/mol. The van der Waals surface area contributed by atoms with E-state index >= 15 is 0 Å². The minimum atomic E-state index is -0.677. The molecule has 1 aliphatic carbocycles. The van der Waals surface area contributed by atoms with Gasteiger partial charge in [0.2, 0.25) is 5.95 Å². The van der Waals surface area contributed by atoms with Gasteiger partial charge in [-0.3, -0.25) is 0 Å². The van der Waals surface area contributed by atoms with Gasteiger partial charge in [-0.05, 0) is 31.0 Å². The molecule has 0 amide bonds. The molecule has 6 heteroatoms. The van der Waals surface area contributed by atoms with Gasteiger partial charge in [0.25, 0.3) is 0 Å². The summed E-state index contributed by atoms with van der Waals surface area (Å²) in [7, 11) is 0. The third-order valence-corrected chi connectivity index (χ3v) is 2.76. The number of benzene rings is 1. The second-order valence-corrected chi connectivity index (χ2v) is 4.43. The molecule has 1 heterocycles. The van der Waals surface area contributed by atoms with Crippen LogP contribution in [0.2, 0.25) is 0 Å². The van der Waals surface area contributed by atoms with Gasteiger partial charge in [0.15, 0.2) is 0 Å². The number of nitrogens with one attached hydrogen (secondary N) is 2. The fourth-order valence-corrected chi connectivity index (χ4v) is 1.65. The Bertz CT molecular complexity index is 599. The lowest BCUT2D eigenvalue weighted by molar-refractivity contribution is 0.586. The molecule has 2 aromatic rings. The molecule has 1 aromatic carbocycles. The summed E-state index contributed by atoms with van der Waals surface area (Å²) in [6, 6.07) is 5.54. The molecular weight excluding hydrogens is 250 g/mol. The SMILES string of the molecule is Fc1ccc(Nc2nccc(NC3CC3)n2)c(F)c1. The van der Waals surface area contributed by atoms with Crippen LogP contribution < -0.4 is 10.6 Å². The smallest absolute Gasteiger partial charge is 0.229 e. The minimum absolute atomic E-state index is 0.143. The van der Waals surface area contributed by atoms with E-state index in [0.717, 1.165) is 18.9 Å². The summed E-state index contributed by atoms with van der Waals surface area (Å²) in [5.74, 6) is -0.323. The molecule has 2 N–H and O–H groups in total. The molecule has 1 aromatic heterocycles. The van der Waals surface area contributed by atoms with Crippen molar-refractivity contribution in [3.05, 3.63) is 42.1 Å². The van der Waals surface area contributed by atoms with Crippen LogP contribution in [0.25, 0.3) is 0 Å². The summed E-state index contributed by atoms with van der Waals surface area (Å²) in [4.78, 5) is 8.22. The van der Waals surface area contributed by atoms with E-state index in [4.69, 9.17) is 0 Å². The molecule has 0 bridgehead atoms. The average molecular weight is 262 g/mol. The molecule has 0 saturated heterocycles. The van der Waals surface area contributed by atoms with Gasteiger partial charge < -0.3 is 10.6 Å². The van der Waals surface area contributed by atoms with Crippen LogP contribution in [-0.4, -0.2) is 16.0 Å². The predicted octanol–water partition coefficient (Wildman–Crippen LogP) is 3.07. The third kappa shape index (κ3) is 2.96. The maximum Gasteiger partial charge on any atom is 0.229 e. The molecule has 1 saturated carbocycles. The summed E-state index contributed by atoms with van der Waals surface area (Å²) in [6.07, 6.45) is 3.86. The molecule has 19 heavy (non-hydrogen) atoms. The van der Waals surface area contributed by atoms with E-state index in [2.05, 4.69) is 20.6 Å². The molecule has 1 aliphatic rings. The van der Waals surface area contributed by atoms with Crippen LogP contribution >= 0.6 is 0 Å². The van der Waals surface area contributed by atoms with Crippen molar-refractivity contribution in [1.82, 2.24) is 9.97 Å². The lowest BCUT2D eigenvalue weighted by atomic mass is 10.3. The Balaban J connectivity index is 1.78. The normalized spacial score (nSPS) is 14.2. The van der Waals surface area contributed by atoms with E-state index in [0.29, 0.717) is 11.9 Å². The lowest BCUT2D eigenvalue weighted by Crippen LogP contribution is -2.06. The van der Waals surface area contributed by atoms with Crippen molar-refractivity contribution in [2.45, 2.75) is 18.9 Å². The van der Waals surface area contributed by atoms with E-state index in [-0.39, 0.29) is 11.6 Å². The van der Waals surface area contributed by atoms with Crippen molar-refractivity contribution in [2.24, 2.45) is 0 Å². The maximum atomic E-state index is 13.5. The zero-order chi connectivity index (χ0) is 13.2.